The van der Waals surface area contributed by atoms with E-state index in [-0.39, 0.29) is 0 Å². The molecule has 1 rings (SSSR count). The Kier molecular flexibility index (Phi) is 5.98. The molecule has 0 aliphatic heterocycles. The van der Waals surface area contributed by atoms with Crippen LogP contribution in [0.4, 0.5) is 0 Å². The normalized spacial score (nSPS) is 10.9. The van der Waals surface area contributed by atoms with E-state index >= 15 is 0 Å². The van der Waals surface area contributed by atoms with Crippen molar-refractivity contribution in [2.45, 2.75) is 13.5 Å². The number of aliphatic imine (C=N–C) groups is 1. The topological polar surface area (TPSA) is 36.4 Å². The zero-order chi connectivity index (χ0) is 11.8. The molecule has 1 aromatic rings. The zero-order valence-corrected chi connectivity index (χ0v) is 11.5. The number of hydrogen-bond donors (Lipinski definition) is 2. The molecular weight excluding hydrogens is 286 g/mol. The van der Waals surface area contributed by atoms with E-state index in [0.29, 0.717) is 13.1 Å². The van der Waals surface area contributed by atoms with Crippen molar-refractivity contribution in [3.8, 4) is 12.3 Å². The van der Waals surface area contributed by atoms with Gasteiger partial charge in [-0.15, -0.1) is 17.8 Å². The van der Waals surface area contributed by atoms with Crippen molar-refractivity contribution in [1.29, 1.82) is 0 Å². The summed E-state index contributed by atoms with van der Waals surface area (Å²) in [4.78, 5) is 5.64. The summed E-state index contributed by atoms with van der Waals surface area (Å²) < 4.78 is 1.12. The molecule has 3 nitrogen and oxygen atoms in total. The van der Waals surface area contributed by atoms with Gasteiger partial charge in [-0.3, -0.25) is 0 Å². The monoisotopic (exact) mass is 299 g/mol. The highest BCUT2D eigenvalue weighted by Gasteiger charge is 1.98. The molecular formula is C11H14BrN3S. The lowest BCUT2D eigenvalue weighted by Gasteiger charge is -2.07. The van der Waals surface area contributed by atoms with E-state index < -0.39 is 0 Å². The number of terminal acetylenes is 1. The van der Waals surface area contributed by atoms with E-state index in [1.54, 1.807) is 11.3 Å². The molecule has 0 aliphatic carbocycles. The minimum atomic E-state index is 0.486. The van der Waals surface area contributed by atoms with Crippen LogP contribution in [0, 0.1) is 12.3 Å². The lowest BCUT2D eigenvalue weighted by molar-refractivity contribution is 0.868. The molecule has 1 heterocycles. The van der Waals surface area contributed by atoms with Crippen molar-refractivity contribution in [3.05, 3.63) is 20.8 Å². The van der Waals surface area contributed by atoms with Gasteiger partial charge in [-0.25, -0.2) is 4.99 Å². The van der Waals surface area contributed by atoms with Gasteiger partial charge in [0.15, 0.2) is 5.96 Å². The van der Waals surface area contributed by atoms with Crippen molar-refractivity contribution in [2.75, 3.05) is 13.1 Å². The highest BCUT2D eigenvalue weighted by Crippen LogP contribution is 2.22. The Balaban J connectivity index is 2.53. The van der Waals surface area contributed by atoms with Crippen molar-refractivity contribution in [2.24, 2.45) is 4.99 Å². The lowest BCUT2D eigenvalue weighted by Crippen LogP contribution is -2.37. The fourth-order valence-electron chi connectivity index (χ4n) is 1.07. The standard InChI is InChI=1S/C11H14BrN3S/c1-3-7-14-11(13-4-2)15-8-9-5-6-10(12)16-9/h1,5-6H,4,7-8H2,2H3,(H2,13,14,15). The van der Waals surface area contributed by atoms with Gasteiger partial charge in [0.2, 0.25) is 0 Å². The van der Waals surface area contributed by atoms with Crippen LogP contribution in [-0.4, -0.2) is 19.0 Å². The van der Waals surface area contributed by atoms with Gasteiger partial charge in [-0.05, 0) is 35.0 Å². The number of thiophene rings is 1. The van der Waals surface area contributed by atoms with Crippen molar-refractivity contribution in [3.63, 3.8) is 0 Å². The van der Waals surface area contributed by atoms with Crippen LogP contribution < -0.4 is 10.6 Å². The number of nitrogens with zero attached hydrogens (tertiary/aromatic N) is 1. The average molecular weight is 300 g/mol. The van der Waals surface area contributed by atoms with Gasteiger partial charge in [0.1, 0.15) is 0 Å². The van der Waals surface area contributed by atoms with Gasteiger partial charge in [-0.1, -0.05) is 5.92 Å². The van der Waals surface area contributed by atoms with Crippen molar-refractivity contribution < 1.29 is 0 Å². The Hall–Kier alpha value is -0.990. The maximum absolute atomic E-state index is 5.18. The van der Waals surface area contributed by atoms with Crippen LogP contribution in [0.3, 0.4) is 0 Å². The maximum Gasteiger partial charge on any atom is 0.192 e. The third-order valence-corrected chi connectivity index (χ3v) is 3.33. The summed E-state index contributed by atoms with van der Waals surface area (Å²) in [5, 5.41) is 6.17. The van der Waals surface area contributed by atoms with Crippen LogP contribution in [0.15, 0.2) is 20.9 Å². The van der Waals surface area contributed by atoms with E-state index in [9.17, 15) is 0 Å². The van der Waals surface area contributed by atoms with Gasteiger partial charge >= 0.3 is 0 Å². The molecule has 0 fully saturated rings. The summed E-state index contributed by atoms with van der Waals surface area (Å²) >= 11 is 5.11. The Morgan fingerprint density at radius 3 is 2.94 bits per heavy atom. The highest BCUT2D eigenvalue weighted by atomic mass is 79.9. The SMILES string of the molecule is C#CCNC(=NCc1ccc(Br)s1)NCC. The molecule has 2 N–H and O–H groups in total. The van der Waals surface area contributed by atoms with Gasteiger partial charge < -0.3 is 10.6 Å². The van der Waals surface area contributed by atoms with Gasteiger partial charge in [0, 0.05) is 11.4 Å². The quantitative estimate of drug-likeness (QED) is 0.508. The summed E-state index contributed by atoms with van der Waals surface area (Å²) in [5.41, 5.74) is 0. The molecule has 0 aromatic carbocycles. The fraction of sp³-hybridized carbons (Fsp3) is 0.364. The van der Waals surface area contributed by atoms with Crippen LogP contribution >= 0.6 is 27.3 Å². The van der Waals surface area contributed by atoms with Crippen LogP contribution in [0.25, 0.3) is 0 Å². The second-order valence-electron chi connectivity index (χ2n) is 2.96. The highest BCUT2D eigenvalue weighted by molar-refractivity contribution is 9.11. The first-order valence-electron chi connectivity index (χ1n) is 4.96. The first kappa shape index (κ1) is 13.1. The average Bonchev–Trinajstić information content (AvgIpc) is 2.68. The molecule has 0 atom stereocenters. The maximum atomic E-state index is 5.18. The largest absolute Gasteiger partial charge is 0.357 e. The lowest BCUT2D eigenvalue weighted by atomic mass is 10.5. The molecule has 16 heavy (non-hydrogen) atoms. The Morgan fingerprint density at radius 1 is 1.56 bits per heavy atom. The summed E-state index contributed by atoms with van der Waals surface area (Å²) in [6.07, 6.45) is 5.18. The minimum Gasteiger partial charge on any atom is -0.357 e. The van der Waals surface area contributed by atoms with Crippen LogP contribution in [0.5, 0.6) is 0 Å². The molecule has 0 unspecified atom stereocenters. The van der Waals surface area contributed by atoms with Crippen molar-refractivity contribution in [1.82, 2.24) is 10.6 Å². The molecule has 0 saturated heterocycles. The Labute approximate surface area is 108 Å². The van der Waals surface area contributed by atoms with E-state index in [1.807, 2.05) is 13.0 Å². The van der Waals surface area contributed by atoms with E-state index in [2.05, 4.69) is 43.5 Å². The summed E-state index contributed by atoms with van der Waals surface area (Å²) in [7, 11) is 0. The molecule has 1 aromatic heterocycles. The zero-order valence-electron chi connectivity index (χ0n) is 9.09. The second-order valence-corrected chi connectivity index (χ2v) is 5.51. The van der Waals surface area contributed by atoms with Gasteiger partial charge in [0.05, 0.1) is 16.9 Å². The number of rotatable bonds is 4. The van der Waals surface area contributed by atoms with Crippen LogP contribution in [0.1, 0.15) is 11.8 Å². The molecule has 0 saturated carbocycles. The summed E-state index contributed by atoms with van der Waals surface area (Å²) in [5.74, 6) is 3.28. The Morgan fingerprint density at radius 2 is 2.38 bits per heavy atom. The van der Waals surface area contributed by atoms with E-state index in [4.69, 9.17) is 6.42 Å². The molecule has 0 spiro atoms. The number of nitrogens with one attached hydrogen (secondary N) is 2. The Bertz CT molecular complexity index is 392. The van der Waals surface area contributed by atoms with Crippen molar-refractivity contribution >= 4 is 33.2 Å². The van der Waals surface area contributed by atoms with E-state index in [1.165, 1.54) is 4.88 Å². The summed E-state index contributed by atoms with van der Waals surface area (Å²) in [6, 6.07) is 4.08. The number of hydrogen-bond acceptors (Lipinski definition) is 2. The molecule has 0 amide bonds. The molecule has 5 heteroatoms. The second kappa shape index (κ2) is 7.31. The minimum absolute atomic E-state index is 0.486. The number of guanidine groups is 1. The smallest absolute Gasteiger partial charge is 0.192 e. The third kappa shape index (κ3) is 4.69. The van der Waals surface area contributed by atoms with Gasteiger partial charge in [-0.2, -0.15) is 0 Å². The number of halogens is 1. The molecule has 0 bridgehead atoms. The third-order valence-electron chi connectivity index (χ3n) is 1.72. The van der Waals surface area contributed by atoms with E-state index in [0.717, 1.165) is 16.3 Å². The molecule has 86 valence electrons. The van der Waals surface area contributed by atoms with Crippen LogP contribution in [0.2, 0.25) is 0 Å². The first-order valence-corrected chi connectivity index (χ1v) is 6.57. The predicted octanol–water partition coefficient (Wildman–Crippen LogP) is 2.20. The molecule has 0 radical (unpaired) electrons. The predicted molar refractivity (Wildman–Crippen MR) is 73.7 cm³/mol. The molecule has 0 aliphatic rings. The first-order chi connectivity index (χ1) is 7.76. The van der Waals surface area contributed by atoms with Gasteiger partial charge in [0.25, 0.3) is 0 Å². The summed E-state index contributed by atoms with van der Waals surface area (Å²) in [6.45, 7) is 4.00. The fourth-order valence-corrected chi connectivity index (χ4v) is 2.48. The van der Waals surface area contributed by atoms with Crippen LogP contribution in [-0.2, 0) is 6.54 Å².